The summed E-state index contributed by atoms with van der Waals surface area (Å²) in [6.45, 7) is 0. The maximum atomic E-state index is 13.1. The minimum absolute atomic E-state index is 0.220. The standard InChI is InChI=1S/C13H16F2N2O2/c14-10-4-3-8(6-11(10)15)19-9-2-1-5-13(17,7-9)12(16)18/h3-4,6,9H,1-2,5,7,17H2,(H2,16,18). The van der Waals surface area contributed by atoms with Crippen LogP contribution in [0.15, 0.2) is 18.2 Å². The summed E-state index contributed by atoms with van der Waals surface area (Å²) >= 11 is 0. The summed E-state index contributed by atoms with van der Waals surface area (Å²) in [6, 6.07) is 3.32. The van der Waals surface area contributed by atoms with Gasteiger partial charge in [0.05, 0.1) is 5.54 Å². The predicted molar refractivity (Wildman–Crippen MR) is 65.4 cm³/mol. The Morgan fingerprint density at radius 1 is 1.37 bits per heavy atom. The van der Waals surface area contributed by atoms with Crippen LogP contribution >= 0.6 is 0 Å². The van der Waals surface area contributed by atoms with Crippen LogP contribution in [0, 0.1) is 11.6 Å². The molecule has 1 aromatic carbocycles. The van der Waals surface area contributed by atoms with E-state index in [0.717, 1.165) is 12.1 Å². The Morgan fingerprint density at radius 2 is 2.11 bits per heavy atom. The van der Waals surface area contributed by atoms with Gasteiger partial charge in [0.1, 0.15) is 11.9 Å². The molecule has 0 aromatic heterocycles. The average molecular weight is 270 g/mol. The highest BCUT2D eigenvalue weighted by Crippen LogP contribution is 2.29. The molecule has 1 aromatic rings. The van der Waals surface area contributed by atoms with Crippen LogP contribution in [0.25, 0.3) is 0 Å². The summed E-state index contributed by atoms with van der Waals surface area (Å²) in [6.07, 6.45) is 1.87. The molecule has 0 heterocycles. The van der Waals surface area contributed by atoms with Gasteiger partial charge in [0.2, 0.25) is 5.91 Å². The highest BCUT2D eigenvalue weighted by Gasteiger charge is 2.38. The van der Waals surface area contributed by atoms with Gasteiger partial charge >= 0.3 is 0 Å². The molecule has 104 valence electrons. The third kappa shape index (κ3) is 3.01. The largest absolute Gasteiger partial charge is 0.490 e. The molecule has 2 atom stereocenters. The molecule has 1 amide bonds. The van der Waals surface area contributed by atoms with E-state index in [1.165, 1.54) is 6.07 Å². The molecule has 0 radical (unpaired) electrons. The molecule has 6 heteroatoms. The maximum Gasteiger partial charge on any atom is 0.237 e. The lowest BCUT2D eigenvalue weighted by Gasteiger charge is -2.35. The zero-order valence-corrected chi connectivity index (χ0v) is 10.4. The smallest absolute Gasteiger partial charge is 0.237 e. The van der Waals surface area contributed by atoms with Crippen molar-refractivity contribution in [2.24, 2.45) is 11.5 Å². The molecule has 2 rings (SSSR count). The molecule has 0 spiro atoms. The highest BCUT2D eigenvalue weighted by atomic mass is 19.2. The molecule has 2 unspecified atom stereocenters. The van der Waals surface area contributed by atoms with Crippen molar-refractivity contribution in [3.8, 4) is 5.75 Å². The van der Waals surface area contributed by atoms with Crippen molar-refractivity contribution in [3.05, 3.63) is 29.8 Å². The monoisotopic (exact) mass is 270 g/mol. The number of nitrogens with two attached hydrogens (primary N) is 2. The lowest BCUT2D eigenvalue weighted by atomic mass is 9.80. The van der Waals surface area contributed by atoms with Crippen LogP contribution in [0.1, 0.15) is 25.7 Å². The summed E-state index contributed by atoms with van der Waals surface area (Å²) in [5, 5.41) is 0. The predicted octanol–water partition coefficient (Wildman–Crippen LogP) is 1.47. The lowest BCUT2D eigenvalue weighted by molar-refractivity contribution is -0.125. The fraction of sp³-hybridized carbons (Fsp3) is 0.462. The molecule has 0 bridgehead atoms. The molecule has 1 fully saturated rings. The first kappa shape index (κ1) is 13.7. The molecule has 0 saturated heterocycles. The number of rotatable bonds is 3. The van der Waals surface area contributed by atoms with E-state index in [0.29, 0.717) is 19.3 Å². The Bertz CT molecular complexity index is 496. The van der Waals surface area contributed by atoms with Crippen molar-refractivity contribution >= 4 is 5.91 Å². The van der Waals surface area contributed by atoms with Crippen molar-refractivity contribution in [1.29, 1.82) is 0 Å². The first-order valence-corrected chi connectivity index (χ1v) is 6.11. The third-order valence-electron chi connectivity index (χ3n) is 3.43. The SMILES string of the molecule is NC(=O)C1(N)CCCC(Oc2ccc(F)c(F)c2)C1. The van der Waals surface area contributed by atoms with Crippen LogP contribution < -0.4 is 16.2 Å². The molecular formula is C13H16F2N2O2. The number of carbonyl (C=O) groups excluding carboxylic acids is 1. The van der Waals surface area contributed by atoms with Gasteiger partial charge in [0.15, 0.2) is 11.6 Å². The van der Waals surface area contributed by atoms with Crippen LogP contribution in [0.2, 0.25) is 0 Å². The fourth-order valence-corrected chi connectivity index (χ4v) is 2.32. The van der Waals surface area contributed by atoms with E-state index >= 15 is 0 Å². The fourth-order valence-electron chi connectivity index (χ4n) is 2.32. The van der Waals surface area contributed by atoms with Crippen molar-refractivity contribution in [2.75, 3.05) is 0 Å². The number of ether oxygens (including phenoxy) is 1. The van der Waals surface area contributed by atoms with Crippen molar-refractivity contribution < 1.29 is 18.3 Å². The van der Waals surface area contributed by atoms with E-state index in [4.69, 9.17) is 16.2 Å². The van der Waals surface area contributed by atoms with Crippen LogP contribution in [-0.4, -0.2) is 17.6 Å². The number of hydrogen-bond acceptors (Lipinski definition) is 3. The van der Waals surface area contributed by atoms with Crippen molar-refractivity contribution in [3.63, 3.8) is 0 Å². The van der Waals surface area contributed by atoms with Crippen LogP contribution in [0.4, 0.5) is 8.78 Å². The number of hydrogen-bond donors (Lipinski definition) is 2. The first-order valence-electron chi connectivity index (χ1n) is 6.11. The van der Waals surface area contributed by atoms with E-state index in [9.17, 15) is 13.6 Å². The van der Waals surface area contributed by atoms with Crippen molar-refractivity contribution in [2.45, 2.75) is 37.3 Å². The van der Waals surface area contributed by atoms with Crippen molar-refractivity contribution in [1.82, 2.24) is 0 Å². The second kappa shape index (κ2) is 5.13. The summed E-state index contributed by atoms with van der Waals surface area (Å²) in [5.41, 5.74) is 10.1. The zero-order chi connectivity index (χ0) is 14.0. The van der Waals surface area contributed by atoms with Crippen LogP contribution in [0.5, 0.6) is 5.75 Å². The molecule has 1 saturated carbocycles. The summed E-state index contributed by atoms with van der Waals surface area (Å²) in [7, 11) is 0. The van der Waals surface area contributed by atoms with E-state index < -0.39 is 23.1 Å². The second-order valence-electron chi connectivity index (χ2n) is 4.93. The summed E-state index contributed by atoms with van der Waals surface area (Å²) < 4.78 is 31.4. The number of halogens is 2. The Labute approximate surface area is 109 Å². The minimum Gasteiger partial charge on any atom is -0.490 e. The van der Waals surface area contributed by atoms with Gasteiger partial charge in [-0.05, 0) is 31.4 Å². The molecule has 4 nitrogen and oxygen atoms in total. The van der Waals surface area contributed by atoms with Gasteiger partial charge in [-0.25, -0.2) is 8.78 Å². The van der Waals surface area contributed by atoms with Gasteiger partial charge in [-0.3, -0.25) is 4.79 Å². The molecule has 4 N–H and O–H groups in total. The van der Waals surface area contributed by atoms with Crippen LogP contribution in [-0.2, 0) is 4.79 Å². The Hall–Kier alpha value is -1.69. The van der Waals surface area contributed by atoms with Gasteiger partial charge in [-0.2, -0.15) is 0 Å². The topological polar surface area (TPSA) is 78.3 Å². The number of benzene rings is 1. The zero-order valence-electron chi connectivity index (χ0n) is 10.4. The number of amides is 1. The van der Waals surface area contributed by atoms with Crippen LogP contribution in [0.3, 0.4) is 0 Å². The number of carbonyl (C=O) groups is 1. The summed E-state index contributed by atoms with van der Waals surface area (Å²) in [5.74, 6) is -2.24. The Balaban J connectivity index is 2.06. The maximum absolute atomic E-state index is 13.1. The van der Waals surface area contributed by atoms with E-state index in [-0.39, 0.29) is 18.3 Å². The molecule has 0 aliphatic heterocycles. The second-order valence-corrected chi connectivity index (χ2v) is 4.93. The van der Waals surface area contributed by atoms with Gasteiger partial charge < -0.3 is 16.2 Å². The minimum atomic E-state index is -1.08. The normalized spacial score (nSPS) is 27.0. The molecular weight excluding hydrogens is 254 g/mol. The lowest BCUT2D eigenvalue weighted by Crippen LogP contribution is -2.56. The third-order valence-corrected chi connectivity index (χ3v) is 3.43. The molecule has 19 heavy (non-hydrogen) atoms. The van der Waals surface area contributed by atoms with E-state index in [1.807, 2.05) is 0 Å². The Kier molecular flexibility index (Phi) is 3.71. The van der Waals surface area contributed by atoms with E-state index in [2.05, 4.69) is 0 Å². The van der Waals surface area contributed by atoms with Gasteiger partial charge in [0.25, 0.3) is 0 Å². The summed E-state index contributed by atoms with van der Waals surface area (Å²) in [4.78, 5) is 11.3. The highest BCUT2D eigenvalue weighted by molar-refractivity contribution is 5.84. The van der Waals surface area contributed by atoms with E-state index in [1.54, 1.807) is 0 Å². The Morgan fingerprint density at radius 3 is 2.74 bits per heavy atom. The van der Waals surface area contributed by atoms with Gasteiger partial charge in [-0.1, -0.05) is 0 Å². The molecule has 1 aliphatic carbocycles. The molecule has 1 aliphatic rings. The average Bonchev–Trinajstić information content (AvgIpc) is 2.34. The number of primary amides is 1. The first-order chi connectivity index (χ1) is 8.90. The van der Waals surface area contributed by atoms with Gasteiger partial charge in [0, 0.05) is 12.5 Å². The quantitative estimate of drug-likeness (QED) is 0.873. The van der Waals surface area contributed by atoms with Gasteiger partial charge in [-0.15, -0.1) is 0 Å².